The molecule has 3 rings (SSSR count). The molecule has 0 fully saturated rings. The highest BCUT2D eigenvalue weighted by atomic mass is 16.3. The monoisotopic (exact) mass is 255 g/mol. The molecule has 1 N–H and O–H groups in total. The number of para-hydroxylation sites is 1. The summed E-state index contributed by atoms with van der Waals surface area (Å²) in [6, 6.07) is 10.3. The van der Waals surface area contributed by atoms with Crippen LogP contribution in [0.5, 0.6) is 0 Å². The van der Waals surface area contributed by atoms with Gasteiger partial charge in [0.25, 0.3) is 0 Å². The van der Waals surface area contributed by atoms with Gasteiger partial charge in [-0.25, -0.2) is 4.98 Å². The summed E-state index contributed by atoms with van der Waals surface area (Å²) in [6.45, 7) is 2.88. The summed E-state index contributed by atoms with van der Waals surface area (Å²) in [6.07, 6.45) is 3.68. The molecule has 0 radical (unpaired) electrons. The van der Waals surface area contributed by atoms with E-state index in [1.54, 1.807) is 0 Å². The molecule has 1 atom stereocenters. The predicted molar refractivity (Wildman–Crippen MR) is 74.7 cm³/mol. The van der Waals surface area contributed by atoms with Gasteiger partial charge in [-0.05, 0) is 19.1 Å². The Kier molecular flexibility index (Phi) is 3.09. The van der Waals surface area contributed by atoms with Gasteiger partial charge in [-0.15, -0.1) is 0 Å². The molecule has 0 bridgehead atoms. The minimum absolute atomic E-state index is 0.169. The van der Waals surface area contributed by atoms with Gasteiger partial charge in [0.1, 0.15) is 11.3 Å². The van der Waals surface area contributed by atoms with Gasteiger partial charge in [-0.2, -0.15) is 0 Å². The van der Waals surface area contributed by atoms with Gasteiger partial charge >= 0.3 is 0 Å². The van der Waals surface area contributed by atoms with Crippen molar-refractivity contribution >= 4 is 11.0 Å². The molecule has 3 aromatic rings. The quantitative estimate of drug-likeness (QED) is 0.779. The van der Waals surface area contributed by atoms with Crippen molar-refractivity contribution < 1.29 is 4.42 Å². The van der Waals surface area contributed by atoms with Crippen molar-refractivity contribution in [1.82, 2.24) is 14.9 Å². The average molecular weight is 255 g/mol. The molecule has 2 aromatic heterocycles. The van der Waals surface area contributed by atoms with E-state index in [4.69, 9.17) is 4.42 Å². The minimum atomic E-state index is 0.169. The Bertz CT molecular complexity index is 650. The van der Waals surface area contributed by atoms with Gasteiger partial charge in [0.15, 0.2) is 0 Å². The van der Waals surface area contributed by atoms with Crippen LogP contribution in [-0.2, 0) is 13.6 Å². The number of nitrogens with one attached hydrogen (secondary N) is 1. The molecule has 4 nitrogen and oxygen atoms in total. The lowest BCUT2D eigenvalue weighted by molar-refractivity contribution is 0.446. The minimum Gasteiger partial charge on any atom is -0.459 e. The number of hydrogen-bond donors (Lipinski definition) is 1. The summed E-state index contributed by atoms with van der Waals surface area (Å²) in [5.74, 6) is 0.961. The second-order valence-electron chi connectivity index (χ2n) is 4.79. The fraction of sp³-hybridized carbons (Fsp3) is 0.267. The third kappa shape index (κ3) is 2.39. The van der Waals surface area contributed by atoms with E-state index in [1.165, 1.54) is 0 Å². The zero-order valence-corrected chi connectivity index (χ0v) is 11.1. The summed E-state index contributed by atoms with van der Waals surface area (Å²) < 4.78 is 7.86. The fourth-order valence-corrected chi connectivity index (χ4v) is 2.13. The van der Waals surface area contributed by atoms with E-state index in [-0.39, 0.29) is 6.04 Å². The van der Waals surface area contributed by atoms with Crippen molar-refractivity contribution in [1.29, 1.82) is 0 Å². The van der Waals surface area contributed by atoms with E-state index in [2.05, 4.69) is 29.4 Å². The number of rotatable bonds is 4. The Morgan fingerprint density at radius 1 is 1.37 bits per heavy atom. The van der Waals surface area contributed by atoms with Gasteiger partial charge in [0, 0.05) is 25.2 Å². The summed E-state index contributed by atoms with van der Waals surface area (Å²) in [7, 11) is 2.00. The van der Waals surface area contributed by atoms with Gasteiger partial charge in [-0.1, -0.05) is 18.2 Å². The highest BCUT2D eigenvalue weighted by Gasteiger charge is 2.11. The molecule has 0 aliphatic carbocycles. The molecule has 98 valence electrons. The second kappa shape index (κ2) is 4.90. The van der Waals surface area contributed by atoms with E-state index < -0.39 is 0 Å². The maximum absolute atomic E-state index is 5.85. The summed E-state index contributed by atoms with van der Waals surface area (Å²) in [4.78, 5) is 4.11. The van der Waals surface area contributed by atoms with E-state index >= 15 is 0 Å². The molecule has 0 aliphatic heterocycles. The molecular formula is C15H17N3O. The first-order chi connectivity index (χ1) is 9.24. The standard InChI is InChI=1S/C15H17N3O/c1-11(17-9-13-8-16-10-18(13)2)15-7-12-5-3-4-6-14(12)19-15/h3-8,10-11,17H,9H2,1-2H3. The number of nitrogens with zero attached hydrogens (tertiary/aromatic N) is 2. The van der Waals surface area contributed by atoms with E-state index in [0.29, 0.717) is 0 Å². The smallest absolute Gasteiger partial charge is 0.134 e. The topological polar surface area (TPSA) is 43.0 Å². The molecular weight excluding hydrogens is 238 g/mol. The van der Waals surface area contributed by atoms with Crippen molar-refractivity contribution in [3.05, 3.63) is 54.3 Å². The first kappa shape index (κ1) is 12.0. The van der Waals surface area contributed by atoms with E-state index in [1.807, 2.05) is 42.3 Å². The van der Waals surface area contributed by atoms with Crippen LogP contribution >= 0.6 is 0 Å². The molecule has 1 unspecified atom stereocenters. The van der Waals surface area contributed by atoms with Crippen LogP contribution in [-0.4, -0.2) is 9.55 Å². The number of aromatic nitrogens is 2. The molecule has 0 saturated heterocycles. The normalized spacial score (nSPS) is 12.9. The van der Waals surface area contributed by atoms with Crippen LogP contribution in [0.4, 0.5) is 0 Å². The largest absolute Gasteiger partial charge is 0.459 e. The molecule has 19 heavy (non-hydrogen) atoms. The van der Waals surface area contributed by atoms with Crippen LogP contribution in [0.1, 0.15) is 24.4 Å². The number of hydrogen-bond acceptors (Lipinski definition) is 3. The zero-order valence-electron chi connectivity index (χ0n) is 11.1. The van der Waals surface area contributed by atoms with E-state index in [9.17, 15) is 0 Å². The van der Waals surface area contributed by atoms with Crippen molar-refractivity contribution in [3.63, 3.8) is 0 Å². The maximum atomic E-state index is 5.85. The van der Waals surface area contributed by atoms with Gasteiger partial charge in [0.2, 0.25) is 0 Å². The Balaban J connectivity index is 1.73. The van der Waals surface area contributed by atoms with Crippen LogP contribution in [0.2, 0.25) is 0 Å². The molecule has 2 heterocycles. The highest BCUT2D eigenvalue weighted by Crippen LogP contribution is 2.23. The lowest BCUT2D eigenvalue weighted by Gasteiger charge is -2.11. The molecule has 0 saturated carbocycles. The third-order valence-corrected chi connectivity index (χ3v) is 3.38. The molecule has 0 aliphatic rings. The SMILES string of the molecule is CC(NCc1cncn1C)c1cc2ccccc2o1. The molecule has 0 spiro atoms. The molecule has 4 heteroatoms. The zero-order chi connectivity index (χ0) is 13.2. The molecule has 0 amide bonds. The van der Waals surface area contributed by atoms with Gasteiger partial charge in [0.05, 0.1) is 18.1 Å². The first-order valence-electron chi connectivity index (χ1n) is 6.41. The maximum Gasteiger partial charge on any atom is 0.134 e. The summed E-state index contributed by atoms with van der Waals surface area (Å²) in [5, 5.41) is 4.59. The average Bonchev–Trinajstić information content (AvgIpc) is 3.01. The summed E-state index contributed by atoms with van der Waals surface area (Å²) in [5.41, 5.74) is 2.09. The second-order valence-corrected chi connectivity index (χ2v) is 4.79. The van der Waals surface area contributed by atoms with Crippen LogP contribution in [0.25, 0.3) is 11.0 Å². The number of aryl methyl sites for hydroxylation is 1. The van der Waals surface area contributed by atoms with Crippen molar-refractivity contribution in [2.24, 2.45) is 7.05 Å². The summed E-state index contributed by atoms with van der Waals surface area (Å²) >= 11 is 0. The number of furan rings is 1. The third-order valence-electron chi connectivity index (χ3n) is 3.38. The van der Waals surface area contributed by atoms with Crippen LogP contribution in [0, 0.1) is 0 Å². The lowest BCUT2D eigenvalue weighted by atomic mass is 10.2. The van der Waals surface area contributed by atoms with Crippen molar-refractivity contribution in [3.8, 4) is 0 Å². The first-order valence-corrected chi connectivity index (χ1v) is 6.41. The van der Waals surface area contributed by atoms with Crippen LogP contribution in [0.3, 0.4) is 0 Å². The van der Waals surface area contributed by atoms with Crippen LogP contribution in [0.15, 0.2) is 47.3 Å². The Hall–Kier alpha value is -2.07. The van der Waals surface area contributed by atoms with E-state index in [0.717, 1.165) is 29.0 Å². The van der Waals surface area contributed by atoms with Crippen molar-refractivity contribution in [2.75, 3.05) is 0 Å². The highest BCUT2D eigenvalue weighted by molar-refractivity contribution is 5.77. The Morgan fingerprint density at radius 3 is 2.95 bits per heavy atom. The van der Waals surface area contributed by atoms with Gasteiger partial charge < -0.3 is 14.3 Å². The number of fused-ring (bicyclic) bond motifs is 1. The number of imidazole rings is 1. The van der Waals surface area contributed by atoms with Gasteiger partial charge in [-0.3, -0.25) is 0 Å². The predicted octanol–water partition coefficient (Wildman–Crippen LogP) is 3.02. The van der Waals surface area contributed by atoms with Crippen molar-refractivity contribution in [2.45, 2.75) is 19.5 Å². The Morgan fingerprint density at radius 2 is 2.21 bits per heavy atom. The fourth-order valence-electron chi connectivity index (χ4n) is 2.13. The Labute approximate surface area is 112 Å². The number of benzene rings is 1. The van der Waals surface area contributed by atoms with Crippen LogP contribution < -0.4 is 5.32 Å². The molecule has 1 aromatic carbocycles. The lowest BCUT2D eigenvalue weighted by Crippen LogP contribution is -2.19.